The number of nitrogens with zero attached hydrogens (tertiary/aromatic N) is 3. The van der Waals surface area contributed by atoms with Gasteiger partial charge in [-0.15, -0.1) is 0 Å². The first-order valence-corrected chi connectivity index (χ1v) is 5.83. The van der Waals surface area contributed by atoms with Crippen LogP contribution in [0.4, 0.5) is 5.82 Å². The normalized spacial score (nSPS) is 12.2. The first-order chi connectivity index (χ1) is 8.16. The van der Waals surface area contributed by atoms with Crippen molar-refractivity contribution >= 4 is 17.0 Å². The van der Waals surface area contributed by atoms with Gasteiger partial charge >= 0.3 is 0 Å². The van der Waals surface area contributed by atoms with Crippen LogP contribution in [0.25, 0.3) is 11.2 Å². The van der Waals surface area contributed by atoms with Gasteiger partial charge in [-0.05, 0) is 12.8 Å². The Kier molecular flexibility index (Phi) is 2.97. The lowest BCUT2D eigenvalue weighted by molar-refractivity contribution is 0.387. The minimum absolute atomic E-state index is 0.132. The zero-order chi connectivity index (χ0) is 12.5. The summed E-state index contributed by atoms with van der Waals surface area (Å²) in [5, 5.41) is 0. The number of fused-ring (bicyclic) bond motifs is 1. The second-order valence-corrected chi connectivity index (χ2v) is 4.23. The average Bonchev–Trinajstić information content (AvgIpc) is 2.78. The number of nitrogens with one attached hydrogen (secondary N) is 1. The standard InChI is InChI=1S/C11H18N6/c1-3-11(4-2,5-12)10-16-7-8(13)14-6-15-9(7)17-10/h6H,3-5,12H2,1-2H3,(H3,13,14,15,16,17). The lowest BCUT2D eigenvalue weighted by Crippen LogP contribution is -2.35. The molecule has 2 rings (SSSR count). The quantitative estimate of drug-likeness (QED) is 0.730. The molecular weight excluding hydrogens is 216 g/mol. The number of aromatic amines is 1. The number of hydrogen-bond donors (Lipinski definition) is 3. The molecule has 2 aromatic heterocycles. The van der Waals surface area contributed by atoms with Gasteiger partial charge in [0.05, 0.1) is 0 Å². The molecule has 0 atom stereocenters. The Balaban J connectivity index is 2.59. The molecule has 0 amide bonds. The molecule has 2 heterocycles. The van der Waals surface area contributed by atoms with Crippen molar-refractivity contribution in [2.24, 2.45) is 5.73 Å². The molecule has 0 unspecified atom stereocenters. The topological polar surface area (TPSA) is 106 Å². The molecule has 0 aromatic carbocycles. The highest BCUT2D eigenvalue weighted by atomic mass is 15.1. The van der Waals surface area contributed by atoms with E-state index >= 15 is 0 Å². The highest BCUT2D eigenvalue weighted by Crippen LogP contribution is 2.30. The Morgan fingerprint density at radius 2 is 2.00 bits per heavy atom. The second kappa shape index (κ2) is 4.29. The Labute approximate surface area is 99.9 Å². The van der Waals surface area contributed by atoms with E-state index in [4.69, 9.17) is 11.5 Å². The molecule has 0 fully saturated rings. The SMILES string of the molecule is CCC(CC)(CN)c1nc2ncnc(N)c2[nH]1. The third kappa shape index (κ3) is 1.74. The van der Waals surface area contributed by atoms with Crippen LogP contribution in [0.15, 0.2) is 6.33 Å². The molecule has 92 valence electrons. The van der Waals surface area contributed by atoms with Crippen LogP contribution in [0.1, 0.15) is 32.5 Å². The van der Waals surface area contributed by atoms with Crippen LogP contribution in [0, 0.1) is 0 Å². The minimum Gasteiger partial charge on any atom is -0.382 e. The van der Waals surface area contributed by atoms with Crippen molar-refractivity contribution < 1.29 is 0 Å². The zero-order valence-corrected chi connectivity index (χ0v) is 10.2. The molecule has 0 saturated carbocycles. The molecule has 0 spiro atoms. The number of nitrogen functional groups attached to an aromatic ring is 1. The van der Waals surface area contributed by atoms with E-state index in [-0.39, 0.29) is 5.41 Å². The highest BCUT2D eigenvalue weighted by Gasteiger charge is 2.30. The van der Waals surface area contributed by atoms with Crippen molar-refractivity contribution in [2.45, 2.75) is 32.1 Å². The summed E-state index contributed by atoms with van der Waals surface area (Å²) in [6.45, 7) is 4.77. The van der Waals surface area contributed by atoms with Crippen LogP contribution in [-0.2, 0) is 5.41 Å². The molecule has 6 nitrogen and oxygen atoms in total. The van der Waals surface area contributed by atoms with E-state index in [9.17, 15) is 0 Å². The molecule has 0 radical (unpaired) electrons. The fourth-order valence-electron chi connectivity index (χ4n) is 2.07. The summed E-state index contributed by atoms with van der Waals surface area (Å²) in [5.74, 6) is 1.28. The van der Waals surface area contributed by atoms with Crippen LogP contribution >= 0.6 is 0 Å². The fourth-order valence-corrected chi connectivity index (χ4v) is 2.07. The molecule has 17 heavy (non-hydrogen) atoms. The number of hydrogen-bond acceptors (Lipinski definition) is 5. The maximum absolute atomic E-state index is 5.89. The monoisotopic (exact) mass is 234 g/mol. The van der Waals surface area contributed by atoms with Crippen molar-refractivity contribution in [3.63, 3.8) is 0 Å². The summed E-state index contributed by atoms with van der Waals surface area (Å²) >= 11 is 0. The van der Waals surface area contributed by atoms with Crippen molar-refractivity contribution in [1.29, 1.82) is 0 Å². The van der Waals surface area contributed by atoms with Gasteiger partial charge in [-0.2, -0.15) is 0 Å². The van der Waals surface area contributed by atoms with Gasteiger partial charge in [0.1, 0.15) is 17.7 Å². The van der Waals surface area contributed by atoms with Gasteiger partial charge < -0.3 is 16.5 Å². The van der Waals surface area contributed by atoms with Gasteiger partial charge in [-0.25, -0.2) is 15.0 Å². The Bertz CT molecular complexity index is 505. The summed E-state index contributed by atoms with van der Waals surface area (Å²) in [4.78, 5) is 15.8. The molecule has 2 aromatic rings. The van der Waals surface area contributed by atoms with Crippen LogP contribution in [-0.4, -0.2) is 26.5 Å². The Morgan fingerprint density at radius 3 is 2.53 bits per heavy atom. The van der Waals surface area contributed by atoms with E-state index in [1.54, 1.807) is 0 Å². The molecule has 5 N–H and O–H groups in total. The van der Waals surface area contributed by atoms with Crippen molar-refractivity contribution in [3.05, 3.63) is 12.2 Å². The molecular formula is C11H18N6. The lowest BCUT2D eigenvalue weighted by Gasteiger charge is -2.27. The number of H-pyrrole nitrogens is 1. The second-order valence-electron chi connectivity index (χ2n) is 4.23. The third-order valence-corrected chi connectivity index (χ3v) is 3.56. The van der Waals surface area contributed by atoms with E-state index in [1.807, 2.05) is 0 Å². The highest BCUT2D eigenvalue weighted by molar-refractivity contribution is 5.81. The molecule has 0 aliphatic heterocycles. The van der Waals surface area contributed by atoms with E-state index < -0.39 is 0 Å². The van der Waals surface area contributed by atoms with Crippen molar-refractivity contribution in [1.82, 2.24) is 19.9 Å². The smallest absolute Gasteiger partial charge is 0.183 e. The maximum atomic E-state index is 5.89. The minimum atomic E-state index is -0.132. The van der Waals surface area contributed by atoms with E-state index in [2.05, 4.69) is 33.8 Å². The van der Waals surface area contributed by atoms with Gasteiger partial charge in [0.25, 0.3) is 0 Å². The summed E-state index contributed by atoms with van der Waals surface area (Å²) in [6.07, 6.45) is 3.27. The number of nitrogens with two attached hydrogens (primary N) is 2. The summed E-state index contributed by atoms with van der Waals surface area (Å²) in [6, 6.07) is 0. The molecule has 0 bridgehead atoms. The maximum Gasteiger partial charge on any atom is 0.183 e. The third-order valence-electron chi connectivity index (χ3n) is 3.56. The van der Waals surface area contributed by atoms with Gasteiger partial charge in [0.15, 0.2) is 11.5 Å². The number of rotatable bonds is 4. The first kappa shape index (κ1) is 11.8. The van der Waals surface area contributed by atoms with E-state index in [1.165, 1.54) is 6.33 Å². The largest absolute Gasteiger partial charge is 0.382 e. The lowest BCUT2D eigenvalue weighted by atomic mass is 9.82. The van der Waals surface area contributed by atoms with Gasteiger partial charge in [0.2, 0.25) is 0 Å². The van der Waals surface area contributed by atoms with Gasteiger partial charge in [-0.3, -0.25) is 0 Å². The molecule has 6 heteroatoms. The van der Waals surface area contributed by atoms with Crippen LogP contribution in [0.2, 0.25) is 0 Å². The Hall–Kier alpha value is -1.69. The summed E-state index contributed by atoms with van der Waals surface area (Å²) < 4.78 is 0. The first-order valence-electron chi connectivity index (χ1n) is 5.83. The fraction of sp³-hybridized carbons (Fsp3) is 0.545. The van der Waals surface area contributed by atoms with E-state index in [0.29, 0.717) is 23.5 Å². The van der Waals surface area contributed by atoms with Crippen molar-refractivity contribution in [3.8, 4) is 0 Å². The molecule has 0 saturated heterocycles. The Morgan fingerprint density at radius 1 is 1.29 bits per heavy atom. The van der Waals surface area contributed by atoms with Crippen LogP contribution < -0.4 is 11.5 Å². The average molecular weight is 234 g/mol. The van der Waals surface area contributed by atoms with Crippen LogP contribution in [0.3, 0.4) is 0 Å². The predicted octanol–water partition coefficient (Wildman–Crippen LogP) is 0.952. The number of imidazole rings is 1. The summed E-state index contributed by atoms with van der Waals surface area (Å²) in [5.41, 5.74) is 12.8. The molecule has 0 aliphatic rings. The van der Waals surface area contributed by atoms with E-state index in [0.717, 1.165) is 18.7 Å². The molecule has 0 aliphatic carbocycles. The zero-order valence-electron chi connectivity index (χ0n) is 10.2. The number of aromatic nitrogens is 4. The van der Waals surface area contributed by atoms with Crippen LogP contribution in [0.5, 0.6) is 0 Å². The van der Waals surface area contributed by atoms with Crippen molar-refractivity contribution in [2.75, 3.05) is 12.3 Å². The number of anilines is 1. The van der Waals surface area contributed by atoms with Gasteiger partial charge in [-0.1, -0.05) is 13.8 Å². The summed E-state index contributed by atoms with van der Waals surface area (Å²) in [7, 11) is 0. The van der Waals surface area contributed by atoms with Gasteiger partial charge in [0, 0.05) is 12.0 Å². The predicted molar refractivity (Wildman–Crippen MR) is 67.4 cm³/mol.